The van der Waals surface area contributed by atoms with E-state index in [9.17, 15) is 4.79 Å². The standard InChI is InChI=1S/C26H36N2O3/c1-7-18(3)25(19(4)24(8-2)22-13-15-31-16-14-22)27-20(5)28-26(29)23-11-9-21(10-12-23)17-30-6/h8-12,22H,3,7,13-17H2,1-2,4-6H3,(H,27,28,29)/b24-8+,25-19+. The number of carbonyl (C=O) groups is 1. The van der Waals surface area contributed by atoms with E-state index in [1.165, 1.54) is 5.57 Å². The van der Waals surface area contributed by atoms with Crippen molar-refractivity contribution in [1.29, 1.82) is 0 Å². The highest BCUT2D eigenvalue weighted by atomic mass is 16.5. The number of hydrogen-bond donors (Lipinski definition) is 1. The number of hydrogen-bond acceptors (Lipinski definition) is 4. The number of nitrogens with zero attached hydrogens (tertiary/aromatic N) is 1. The summed E-state index contributed by atoms with van der Waals surface area (Å²) < 4.78 is 10.7. The van der Waals surface area contributed by atoms with E-state index >= 15 is 0 Å². The van der Waals surface area contributed by atoms with Crippen molar-refractivity contribution in [2.75, 3.05) is 20.3 Å². The number of amides is 1. The molecule has 1 heterocycles. The van der Waals surface area contributed by atoms with Gasteiger partial charge in [0.1, 0.15) is 5.84 Å². The van der Waals surface area contributed by atoms with Crippen molar-refractivity contribution in [2.24, 2.45) is 10.9 Å². The molecular formula is C26H36N2O3. The Hall–Kier alpha value is -2.50. The molecule has 1 fully saturated rings. The molecule has 2 rings (SSSR count). The zero-order valence-electron chi connectivity index (χ0n) is 19.6. The van der Waals surface area contributed by atoms with Crippen molar-refractivity contribution in [3.63, 3.8) is 0 Å². The van der Waals surface area contributed by atoms with E-state index in [0.717, 1.165) is 54.9 Å². The first-order valence-corrected chi connectivity index (χ1v) is 11.0. The summed E-state index contributed by atoms with van der Waals surface area (Å²) in [5, 5.41) is 2.91. The van der Waals surface area contributed by atoms with E-state index in [4.69, 9.17) is 14.5 Å². The summed E-state index contributed by atoms with van der Waals surface area (Å²) in [5.41, 5.74) is 5.85. The molecule has 31 heavy (non-hydrogen) atoms. The third kappa shape index (κ3) is 7.01. The van der Waals surface area contributed by atoms with Gasteiger partial charge >= 0.3 is 0 Å². The van der Waals surface area contributed by atoms with Crippen LogP contribution in [0.3, 0.4) is 0 Å². The largest absolute Gasteiger partial charge is 0.381 e. The monoisotopic (exact) mass is 424 g/mol. The second kappa shape index (κ2) is 12.4. The Morgan fingerprint density at radius 1 is 1.26 bits per heavy atom. The molecular weight excluding hydrogens is 388 g/mol. The number of methoxy groups -OCH3 is 1. The first-order valence-electron chi connectivity index (χ1n) is 11.0. The average molecular weight is 425 g/mol. The van der Waals surface area contributed by atoms with Crippen molar-refractivity contribution in [3.8, 4) is 0 Å². The lowest BCUT2D eigenvalue weighted by molar-refractivity contribution is 0.0762. The van der Waals surface area contributed by atoms with Gasteiger partial charge in [-0.25, -0.2) is 4.99 Å². The minimum absolute atomic E-state index is 0.181. The maximum absolute atomic E-state index is 12.7. The number of allylic oxidation sites excluding steroid dienone is 4. The SMILES string of the molecule is C=C(CC)C(/N=C(\C)NC(=O)c1ccc(COC)cc1)=C(C)\C(=C/C)C1CCOCC1. The van der Waals surface area contributed by atoms with Crippen molar-refractivity contribution in [2.45, 2.75) is 53.6 Å². The van der Waals surface area contributed by atoms with Gasteiger partial charge in [0.2, 0.25) is 0 Å². The first-order chi connectivity index (χ1) is 14.9. The Labute approximate surface area is 186 Å². The lowest BCUT2D eigenvalue weighted by Crippen LogP contribution is -2.28. The summed E-state index contributed by atoms with van der Waals surface area (Å²) in [6, 6.07) is 7.39. The Kier molecular flexibility index (Phi) is 9.89. The molecule has 0 aromatic heterocycles. The number of amidine groups is 1. The first kappa shape index (κ1) is 24.8. The van der Waals surface area contributed by atoms with Crippen LogP contribution in [0.15, 0.2) is 64.3 Å². The molecule has 0 atom stereocenters. The van der Waals surface area contributed by atoms with E-state index < -0.39 is 0 Å². The van der Waals surface area contributed by atoms with Crippen molar-refractivity contribution >= 4 is 11.7 Å². The van der Waals surface area contributed by atoms with E-state index in [-0.39, 0.29) is 5.91 Å². The molecule has 1 aliphatic heterocycles. The van der Waals surface area contributed by atoms with Crippen LogP contribution in [0.5, 0.6) is 0 Å². The van der Waals surface area contributed by atoms with Gasteiger partial charge in [-0.1, -0.05) is 31.7 Å². The maximum atomic E-state index is 12.7. The molecule has 0 bridgehead atoms. The fourth-order valence-corrected chi connectivity index (χ4v) is 3.85. The molecule has 1 N–H and O–H groups in total. The number of benzene rings is 1. The average Bonchev–Trinajstić information content (AvgIpc) is 2.78. The van der Waals surface area contributed by atoms with Crippen molar-refractivity contribution < 1.29 is 14.3 Å². The molecule has 1 amide bonds. The van der Waals surface area contributed by atoms with Crippen LogP contribution in [-0.2, 0) is 16.1 Å². The number of carbonyl (C=O) groups excluding carboxylic acids is 1. The molecule has 0 saturated carbocycles. The van der Waals surface area contributed by atoms with Gasteiger partial charge in [-0.3, -0.25) is 4.79 Å². The zero-order valence-corrected chi connectivity index (χ0v) is 19.6. The summed E-state index contributed by atoms with van der Waals surface area (Å²) in [5.74, 6) is 0.839. The second-order valence-electron chi connectivity index (χ2n) is 7.84. The van der Waals surface area contributed by atoms with Gasteiger partial charge in [-0.2, -0.15) is 0 Å². The predicted octanol–water partition coefficient (Wildman–Crippen LogP) is 5.59. The Balaban J connectivity index is 2.25. The Morgan fingerprint density at radius 2 is 1.90 bits per heavy atom. The third-order valence-electron chi connectivity index (χ3n) is 5.62. The number of aliphatic imine (C=N–C) groups is 1. The number of rotatable bonds is 8. The maximum Gasteiger partial charge on any atom is 0.256 e. The van der Waals surface area contributed by atoms with Crippen LogP contribution in [0.2, 0.25) is 0 Å². The van der Waals surface area contributed by atoms with E-state index in [0.29, 0.717) is 23.9 Å². The zero-order chi connectivity index (χ0) is 22.8. The van der Waals surface area contributed by atoms with E-state index in [1.54, 1.807) is 19.2 Å². The summed E-state index contributed by atoms with van der Waals surface area (Å²) in [4.78, 5) is 17.5. The lowest BCUT2D eigenvalue weighted by atomic mass is 9.85. The molecule has 1 aromatic rings. The van der Waals surface area contributed by atoms with Gasteiger partial charge in [0.15, 0.2) is 0 Å². The van der Waals surface area contributed by atoms with Crippen LogP contribution >= 0.6 is 0 Å². The Bertz CT molecular complexity index is 857. The van der Waals surface area contributed by atoms with E-state index in [1.807, 2.05) is 19.1 Å². The van der Waals surface area contributed by atoms with Gasteiger partial charge in [0, 0.05) is 25.9 Å². The fourth-order valence-electron chi connectivity index (χ4n) is 3.85. The van der Waals surface area contributed by atoms with Crippen LogP contribution < -0.4 is 5.32 Å². The molecule has 5 nitrogen and oxygen atoms in total. The van der Waals surface area contributed by atoms with E-state index in [2.05, 4.69) is 38.7 Å². The third-order valence-corrected chi connectivity index (χ3v) is 5.62. The summed E-state index contributed by atoms with van der Waals surface area (Å²) in [6.07, 6.45) is 5.01. The van der Waals surface area contributed by atoms with Crippen LogP contribution in [0.1, 0.15) is 62.9 Å². The summed E-state index contributed by atoms with van der Waals surface area (Å²) in [7, 11) is 1.65. The normalized spacial score (nSPS) is 16.7. The molecule has 5 heteroatoms. The van der Waals surface area contributed by atoms with Crippen LogP contribution in [0.25, 0.3) is 0 Å². The Morgan fingerprint density at radius 3 is 2.45 bits per heavy atom. The van der Waals surface area contributed by atoms with Gasteiger partial charge in [0.25, 0.3) is 5.91 Å². The highest BCUT2D eigenvalue weighted by Crippen LogP contribution is 2.32. The molecule has 0 unspecified atom stereocenters. The fraction of sp³-hybridized carbons (Fsp3) is 0.462. The van der Waals surface area contributed by atoms with Gasteiger partial charge in [-0.05, 0) is 80.4 Å². The van der Waals surface area contributed by atoms with Crippen LogP contribution in [0.4, 0.5) is 0 Å². The molecule has 1 saturated heterocycles. The topological polar surface area (TPSA) is 59.9 Å². The molecule has 1 aromatic carbocycles. The molecule has 1 aliphatic rings. The number of ether oxygens (including phenoxy) is 2. The van der Waals surface area contributed by atoms with Crippen molar-refractivity contribution in [3.05, 3.63) is 70.5 Å². The highest BCUT2D eigenvalue weighted by Gasteiger charge is 2.21. The lowest BCUT2D eigenvalue weighted by Gasteiger charge is -2.26. The number of nitrogens with one attached hydrogen (secondary N) is 1. The second-order valence-corrected chi connectivity index (χ2v) is 7.84. The summed E-state index contributed by atoms with van der Waals surface area (Å²) >= 11 is 0. The minimum Gasteiger partial charge on any atom is -0.381 e. The van der Waals surface area contributed by atoms with Gasteiger partial charge in [0.05, 0.1) is 12.3 Å². The van der Waals surface area contributed by atoms with Gasteiger partial charge < -0.3 is 14.8 Å². The predicted molar refractivity (Wildman–Crippen MR) is 127 cm³/mol. The summed E-state index contributed by atoms with van der Waals surface area (Å²) in [6.45, 7) is 14.4. The quantitative estimate of drug-likeness (QED) is 0.336. The van der Waals surface area contributed by atoms with Crippen LogP contribution in [-0.4, -0.2) is 32.1 Å². The molecule has 168 valence electrons. The van der Waals surface area contributed by atoms with Crippen molar-refractivity contribution in [1.82, 2.24) is 5.32 Å². The smallest absolute Gasteiger partial charge is 0.256 e. The molecule has 0 radical (unpaired) electrons. The van der Waals surface area contributed by atoms with Crippen LogP contribution in [0, 0.1) is 5.92 Å². The molecule has 0 aliphatic carbocycles. The highest BCUT2D eigenvalue weighted by molar-refractivity contribution is 6.06. The molecule has 0 spiro atoms. The minimum atomic E-state index is -0.181. The van der Waals surface area contributed by atoms with Gasteiger partial charge in [-0.15, -0.1) is 0 Å².